The molecule has 0 spiro atoms. The molecule has 0 N–H and O–H groups in total. The van der Waals surface area contributed by atoms with Crippen LogP contribution in [0.2, 0.25) is 0 Å². The number of carbonyl (C=O) groups is 1. The van der Waals surface area contributed by atoms with Crippen LogP contribution in [-0.2, 0) is 4.74 Å². The summed E-state index contributed by atoms with van der Waals surface area (Å²) >= 11 is 0. The zero-order valence-corrected chi connectivity index (χ0v) is 9.37. The van der Waals surface area contributed by atoms with Crippen LogP contribution in [0.1, 0.15) is 32.1 Å². The molecule has 3 heteroatoms. The van der Waals surface area contributed by atoms with Gasteiger partial charge in [-0.05, 0) is 38.0 Å². The average Bonchev–Trinajstić information content (AvgIpc) is 2.78. The number of amides is 1. The first-order valence-corrected chi connectivity index (χ1v) is 5.83. The molecule has 0 bridgehead atoms. The van der Waals surface area contributed by atoms with Crippen LogP contribution in [0.5, 0.6) is 0 Å². The van der Waals surface area contributed by atoms with Gasteiger partial charge >= 0.3 is 6.09 Å². The maximum atomic E-state index is 11.3. The first kappa shape index (κ1) is 10.5. The Morgan fingerprint density at radius 1 is 1.53 bits per heavy atom. The third-order valence-electron chi connectivity index (χ3n) is 3.47. The lowest BCUT2D eigenvalue weighted by Gasteiger charge is -2.19. The molecule has 1 aliphatic heterocycles. The standard InChI is InChI=1S/C12H19NO2/c1-15-12(14)13-8-7-11(9-13)10-5-3-2-4-6-10/h5,11H,2-4,6-9H2,1H3. The highest BCUT2D eigenvalue weighted by molar-refractivity contribution is 5.67. The van der Waals surface area contributed by atoms with Gasteiger partial charge in [-0.3, -0.25) is 0 Å². The summed E-state index contributed by atoms with van der Waals surface area (Å²) in [7, 11) is 1.45. The Kier molecular flexibility index (Phi) is 3.29. The maximum absolute atomic E-state index is 11.3. The van der Waals surface area contributed by atoms with Crippen molar-refractivity contribution in [1.29, 1.82) is 0 Å². The minimum absolute atomic E-state index is 0.172. The molecule has 1 heterocycles. The van der Waals surface area contributed by atoms with Gasteiger partial charge in [-0.25, -0.2) is 4.79 Å². The molecular weight excluding hydrogens is 190 g/mol. The highest BCUT2D eigenvalue weighted by atomic mass is 16.5. The molecule has 1 saturated heterocycles. The van der Waals surface area contributed by atoms with Gasteiger partial charge in [0.05, 0.1) is 7.11 Å². The van der Waals surface area contributed by atoms with Gasteiger partial charge in [0.2, 0.25) is 0 Å². The molecule has 15 heavy (non-hydrogen) atoms. The summed E-state index contributed by atoms with van der Waals surface area (Å²) in [6.07, 6.45) is 8.44. The zero-order chi connectivity index (χ0) is 10.7. The number of hydrogen-bond donors (Lipinski definition) is 0. The molecule has 0 aromatic rings. The van der Waals surface area contributed by atoms with Crippen molar-refractivity contribution >= 4 is 6.09 Å². The minimum Gasteiger partial charge on any atom is -0.453 e. The predicted octanol–water partition coefficient (Wildman–Crippen LogP) is 2.58. The number of likely N-dealkylation sites (tertiary alicyclic amines) is 1. The molecular formula is C12H19NO2. The fourth-order valence-corrected chi connectivity index (χ4v) is 2.59. The van der Waals surface area contributed by atoms with Crippen LogP contribution in [0.15, 0.2) is 11.6 Å². The molecule has 1 amide bonds. The fourth-order valence-electron chi connectivity index (χ4n) is 2.59. The SMILES string of the molecule is COC(=O)N1CCC(C2=CCCCC2)C1. The summed E-state index contributed by atoms with van der Waals surface area (Å²) in [5.41, 5.74) is 1.58. The van der Waals surface area contributed by atoms with Gasteiger partial charge < -0.3 is 9.64 Å². The molecule has 2 rings (SSSR count). The van der Waals surface area contributed by atoms with Crippen LogP contribution >= 0.6 is 0 Å². The molecule has 1 fully saturated rings. The van der Waals surface area contributed by atoms with Crippen molar-refractivity contribution in [2.24, 2.45) is 5.92 Å². The summed E-state index contributed by atoms with van der Waals surface area (Å²) in [6, 6.07) is 0. The summed E-state index contributed by atoms with van der Waals surface area (Å²) in [6.45, 7) is 1.72. The van der Waals surface area contributed by atoms with E-state index in [9.17, 15) is 4.79 Å². The van der Waals surface area contributed by atoms with E-state index in [1.54, 1.807) is 5.57 Å². The van der Waals surface area contributed by atoms with Crippen molar-refractivity contribution in [3.63, 3.8) is 0 Å². The molecule has 1 aliphatic carbocycles. The lowest BCUT2D eigenvalue weighted by atomic mass is 9.89. The van der Waals surface area contributed by atoms with Gasteiger partial charge in [-0.1, -0.05) is 11.6 Å². The van der Waals surface area contributed by atoms with E-state index in [-0.39, 0.29) is 6.09 Å². The van der Waals surface area contributed by atoms with Crippen molar-refractivity contribution in [2.45, 2.75) is 32.1 Å². The number of hydrogen-bond acceptors (Lipinski definition) is 2. The highest BCUT2D eigenvalue weighted by Gasteiger charge is 2.29. The second-order valence-corrected chi connectivity index (χ2v) is 4.43. The molecule has 1 atom stereocenters. The lowest BCUT2D eigenvalue weighted by molar-refractivity contribution is 0.132. The van der Waals surface area contributed by atoms with E-state index >= 15 is 0 Å². The quantitative estimate of drug-likeness (QED) is 0.621. The van der Waals surface area contributed by atoms with Crippen LogP contribution in [0.25, 0.3) is 0 Å². The summed E-state index contributed by atoms with van der Waals surface area (Å²) in [5, 5.41) is 0. The normalized spacial score (nSPS) is 26.3. The van der Waals surface area contributed by atoms with Crippen LogP contribution < -0.4 is 0 Å². The third-order valence-corrected chi connectivity index (χ3v) is 3.47. The molecule has 3 nitrogen and oxygen atoms in total. The van der Waals surface area contributed by atoms with Crippen molar-refractivity contribution in [3.05, 3.63) is 11.6 Å². The van der Waals surface area contributed by atoms with Crippen molar-refractivity contribution in [2.75, 3.05) is 20.2 Å². The number of allylic oxidation sites excluding steroid dienone is 1. The van der Waals surface area contributed by atoms with Crippen molar-refractivity contribution in [3.8, 4) is 0 Å². The highest BCUT2D eigenvalue weighted by Crippen LogP contribution is 2.30. The van der Waals surface area contributed by atoms with E-state index in [1.165, 1.54) is 32.8 Å². The minimum atomic E-state index is -0.172. The molecule has 0 radical (unpaired) electrons. The Hall–Kier alpha value is -0.990. The molecule has 0 aromatic heterocycles. The molecule has 84 valence electrons. The number of nitrogens with zero attached hydrogens (tertiary/aromatic N) is 1. The Morgan fingerprint density at radius 2 is 2.40 bits per heavy atom. The first-order chi connectivity index (χ1) is 7.31. The van der Waals surface area contributed by atoms with Crippen molar-refractivity contribution in [1.82, 2.24) is 4.90 Å². The van der Waals surface area contributed by atoms with Gasteiger partial charge in [0.15, 0.2) is 0 Å². The molecule has 1 unspecified atom stereocenters. The van der Waals surface area contributed by atoms with Gasteiger partial charge in [0, 0.05) is 13.1 Å². The van der Waals surface area contributed by atoms with Crippen LogP contribution in [0.4, 0.5) is 4.79 Å². The Morgan fingerprint density at radius 3 is 3.07 bits per heavy atom. The second kappa shape index (κ2) is 4.69. The maximum Gasteiger partial charge on any atom is 0.409 e. The van der Waals surface area contributed by atoms with Gasteiger partial charge in [-0.2, -0.15) is 0 Å². The lowest BCUT2D eigenvalue weighted by Crippen LogP contribution is -2.28. The Bertz CT molecular complexity index is 273. The number of carbonyl (C=O) groups excluding carboxylic acids is 1. The van der Waals surface area contributed by atoms with Crippen molar-refractivity contribution < 1.29 is 9.53 Å². The van der Waals surface area contributed by atoms with E-state index in [0.29, 0.717) is 5.92 Å². The summed E-state index contributed by atoms with van der Waals surface area (Å²) < 4.78 is 4.74. The van der Waals surface area contributed by atoms with Crippen LogP contribution in [-0.4, -0.2) is 31.2 Å². The van der Waals surface area contributed by atoms with Crippen LogP contribution in [0.3, 0.4) is 0 Å². The van der Waals surface area contributed by atoms with E-state index in [1.807, 2.05) is 4.90 Å². The average molecular weight is 209 g/mol. The number of methoxy groups -OCH3 is 1. The van der Waals surface area contributed by atoms with E-state index in [2.05, 4.69) is 6.08 Å². The third kappa shape index (κ3) is 2.33. The number of ether oxygens (including phenoxy) is 1. The molecule has 0 aromatic carbocycles. The first-order valence-electron chi connectivity index (χ1n) is 5.83. The van der Waals surface area contributed by atoms with Crippen LogP contribution in [0, 0.1) is 5.92 Å². The topological polar surface area (TPSA) is 29.5 Å². The van der Waals surface area contributed by atoms with E-state index in [4.69, 9.17) is 4.74 Å². The fraction of sp³-hybridized carbons (Fsp3) is 0.750. The van der Waals surface area contributed by atoms with Gasteiger partial charge in [-0.15, -0.1) is 0 Å². The van der Waals surface area contributed by atoms with Gasteiger partial charge in [0.25, 0.3) is 0 Å². The molecule has 0 saturated carbocycles. The predicted molar refractivity (Wildman–Crippen MR) is 58.6 cm³/mol. The second-order valence-electron chi connectivity index (χ2n) is 4.43. The Labute approximate surface area is 91.1 Å². The number of rotatable bonds is 1. The smallest absolute Gasteiger partial charge is 0.409 e. The van der Waals surface area contributed by atoms with E-state index in [0.717, 1.165) is 19.5 Å². The summed E-state index contributed by atoms with van der Waals surface area (Å²) in [5.74, 6) is 0.601. The monoisotopic (exact) mass is 209 g/mol. The largest absolute Gasteiger partial charge is 0.453 e. The summed E-state index contributed by atoms with van der Waals surface area (Å²) in [4.78, 5) is 13.1. The Balaban J connectivity index is 1.91. The zero-order valence-electron chi connectivity index (χ0n) is 9.37. The van der Waals surface area contributed by atoms with Gasteiger partial charge in [0.1, 0.15) is 0 Å². The molecule has 2 aliphatic rings. The van der Waals surface area contributed by atoms with E-state index < -0.39 is 0 Å².